The van der Waals surface area contributed by atoms with Crippen LogP contribution >= 0.6 is 0 Å². The quantitative estimate of drug-likeness (QED) is 0.710. The van der Waals surface area contributed by atoms with Crippen molar-refractivity contribution in [2.45, 2.75) is 62.5 Å². The molecule has 1 saturated heterocycles. The van der Waals surface area contributed by atoms with Crippen LogP contribution in [0.1, 0.15) is 46.5 Å². The average molecular weight is 335 g/mol. The molecule has 128 valence electrons. The van der Waals surface area contributed by atoms with Crippen LogP contribution in [0.15, 0.2) is 0 Å². The molecule has 1 rings (SSSR count). The summed E-state index contributed by atoms with van der Waals surface area (Å²) in [6.45, 7) is 5.23. The number of rotatable bonds is 7. The van der Waals surface area contributed by atoms with E-state index in [9.17, 15) is 23.1 Å². The van der Waals surface area contributed by atoms with E-state index in [1.54, 1.807) is 6.92 Å². The van der Waals surface area contributed by atoms with Gasteiger partial charge in [0.25, 0.3) is 0 Å². The van der Waals surface area contributed by atoms with Crippen molar-refractivity contribution in [3.8, 4) is 0 Å². The molecule has 2 unspecified atom stereocenters. The van der Waals surface area contributed by atoms with Crippen LogP contribution < -0.4 is 5.32 Å². The van der Waals surface area contributed by atoms with Crippen molar-refractivity contribution in [3.63, 3.8) is 0 Å². The molecule has 2 atom stereocenters. The standard InChI is InChI=1S/C14H25NO6S/c1-4-7-14(3,13(17)18)15-12(16)10(2)22(19,20)11-5-8-21-9-6-11/h10-11H,4-9H2,1-3H3,(H,15,16)(H,17,18). The van der Waals surface area contributed by atoms with Crippen LogP contribution in [-0.2, 0) is 24.2 Å². The Kier molecular flexibility index (Phi) is 6.37. The first-order valence-electron chi connectivity index (χ1n) is 7.51. The van der Waals surface area contributed by atoms with E-state index in [-0.39, 0.29) is 6.42 Å². The summed E-state index contributed by atoms with van der Waals surface area (Å²) in [5.41, 5.74) is -1.45. The molecule has 22 heavy (non-hydrogen) atoms. The number of aliphatic carboxylic acids is 1. The third-order valence-corrected chi connectivity index (χ3v) is 6.72. The predicted octanol–water partition coefficient (Wildman–Crippen LogP) is 0.728. The Morgan fingerprint density at radius 2 is 1.91 bits per heavy atom. The molecule has 1 heterocycles. The summed E-state index contributed by atoms with van der Waals surface area (Å²) in [5.74, 6) is -1.93. The lowest BCUT2D eigenvalue weighted by Gasteiger charge is -2.29. The van der Waals surface area contributed by atoms with E-state index in [0.29, 0.717) is 32.5 Å². The molecule has 2 N–H and O–H groups in total. The van der Waals surface area contributed by atoms with Gasteiger partial charge < -0.3 is 15.2 Å². The number of carboxylic acids is 1. The fourth-order valence-electron chi connectivity index (χ4n) is 2.54. The van der Waals surface area contributed by atoms with Crippen molar-refractivity contribution in [1.29, 1.82) is 0 Å². The fourth-order valence-corrected chi connectivity index (χ4v) is 4.32. The van der Waals surface area contributed by atoms with E-state index in [1.807, 2.05) is 0 Å². The number of carboxylic acid groups (broad SMARTS) is 1. The number of amides is 1. The molecule has 1 aliphatic heterocycles. The van der Waals surface area contributed by atoms with Gasteiger partial charge in [-0.1, -0.05) is 13.3 Å². The smallest absolute Gasteiger partial charge is 0.329 e. The molecular formula is C14H25NO6S. The minimum Gasteiger partial charge on any atom is -0.480 e. The Hall–Kier alpha value is -1.15. The number of carbonyl (C=O) groups excluding carboxylic acids is 1. The van der Waals surface area contributed by atoms with Gasteiger partial charge in [0.05, 0.1) is 5.25 Å². The normalized spacial score (nSPS) is 20.9. The van der Waals surface area contributed by atoms with Gasteiger partial charge in [0.1, 0.15) is 10.8 Å². The maximum absolute atomic E-state index is 12.5. The second-order valence-corrected chi connectivity index (χ2v) is 8.47. The van der Waals surface area contributed by atoms with Gasteiger partial charge in [-0.2, -0.15) is 0 Å². The van der Waals surface area contributed by atoms with E-state index >= 15 is 0 Å². The van der Waals surface area contributed by atoms with Crippen molar-refractivity contribution in [2.75, 3.05) is 13.2 Å². The van der Waals surface area contributed by atoms with Gasteiger partial charge in [0.2, 0.25) is 5.91 Å². The Bertz CT molecular complexity index is 511. The molecule has 0 aromatic carbocycles. The predicted molar refractivity (Wildman–Crippen MR) is 81.3 cm³/mol. The van der Waals surface area contributed by atoms with Crippen molar-refractivity contribution >= 4 is 21.7 Å². The van der Waals surface area contributed by atoms with Crippen LogP contribution in [0.4, 0.5) is 0 Å². The fraction of sp³-hybridized carbons (Fsp3) is 0.857. The monoisotopic (exact) mass is 335 g/mol. The molecular weight excluding hydrogens is 310 g/mol. The second kappa shape index (κ2) is 7.41. The third kappa shape index (κ3) is 4.19. The van der Waals surface area contributed by atoms with Crippen LogP contribution in [0.5, 0.6) is 0 Å². The van der Waals surface area contributed by atoms with E-state index in [2.05, 4.69) is 5.32 Å². The maximum atomic E-state index is 12.5. The number of carbonyl (C=O) groups is 2. The van der Waals surface area contributed by atoms with Gasteiger partial charge in [-0.15, -0.1) is 0 Å². The van der Waals surface area contributed by atoms with Gasteiger partial charge in [-0.25, -0.2) is 13.2 Å². The molecule has 0 spiro atoms. The molecule has 0 aliphatic carbocycles. The number of hydrogen-bond acceptors (Lipinski definition) is 5. The van der Waals surface area contributed by atoms with Gasteiger partial charge in [0, 0.05) is 13.2 Å². The first-order chi connectivity index (χ1) is 10.1. The van der Waals surface area contributed by atoms with Crippen LogP contribution in [0.25, 0.3) is 0 Å². The number of sulfone groups is 1. The number of hydrogen-bond donors (Lipinski definition) is 2. The molecule has 0 bridgehead atoms. The SMILES string of the molecule is CCCC(C)(NC(=O)C(C)S(=O)(=O)C1CCOCC1)C(=O)O. The van der Waals surface area contributed by atoms with Gasteiger partial charge in [-0.05, 0) is 33.1 Å². The van der Waals surface area contributed by atoms with Crippen LogP contribution in [-0.4, -0.2) is 54.7 Å². The zero-order valence-corrected chi connectivity index (χ0v) is 14.1. The second-order valence-electron chi connectivity index (χ2n) is 5.92. The summed E-state index contributed by atoms with van der Waals surface area (Å²) in [7, 11) is -3.66. The lowest BCUT2D eigenvalue weighted by atomic mass is 9.96. The van der Waals surface area contributed by atoms with Crippen molar-refractivity contribution < 1.29 is 27.9 Å². The highest BCUT2D eigenvalue weighted by atomic mass is 32.2. The Morgan fingerprint density at radius 3 is 2.36 bits per heavy atom. The highest BCUT2D eigenvalue weighted by molar-refractivity contribution is 7.93. The first-order valence-corrected chi connectivity index (χ1v) is 9.12. The van der Waals surface area contributed by atoms with E-state index < -0.39 is 37.8 Å². The molecule has 8 heteroatoms. The molecule has 1 fully saturated rings. The van der Waals surface area contributed by atoms with Crippen molar-refractivity contribution in [3.05, 3.63) is 0 Å². The maximum Gasteiger partial charge on any atom is 0.329 e. The summed E-state index contributed by atoms with van der Waals surface area (Å²) < 4.78 is 30.1. The highest BCUT2D eigenvalue weighted by Crippen LogP contribution is 2.21. The topological polar surface area (TPSA) is 110 Å². The first kappa shape index (κ1) is 18.9. The molecule has 0 aromatic heterocycles. The van der Waals surface area contributed by atoms with Gasteiger partial charge in [-0.3, -0.25) is 4.79 Å². The summed E-state index contributed by atoms with van der Waals surface area (Å²) in [6, 6.07) is 0. The molecule has 0 aromatic rings. The van der Waals surface area contributed by atoms with E-state index in [1.165, 1.54) is 13.8 Å². The Labute approximate surface area is 131 Å². The minimum absolute atomic E-state index is 0.234. The van der Waals surface area contributed by atoms with Crippen LogP contribution in [0, 0.1) is 0 Å². The summed E-state index contributed by atoms with van der Waals surface area (Å²) in [4.78, 5) is 23.6. The zero-order chi connectivity index (χ0) is 17.0. The van der Waals surface area contributed by atoms with Crippen LogP contribution in [0.3, 0.4) is 0 Å². The molecule has 0 saturated carbocycles. The molecule has 1 aliphatic rings. The van der Waals surface area contributed by atoms with Crippen molar-refractivity contribution in [1.82, 2.24) is 5.32 Å². The molecule has 1 amide bonds. The lowest BCUT2D eigenvalue weighted by molar-refractivity contribution is -0.147. The van der Waals surface area contributed by atoms with Crippen molar-refractivity contribution in [2.24, 2.45) is 0 Å². The Morgan fingerprint density at radius 1 is 1.36 bits per heavy atom. The van der Waals surface area contributed by atoms with E-state index in [0.717, 1.165) is 0 Å². The number of nitrogens with one attached hydrogen (secondary N) is 1. The highest BCUT2D eigenvalue weighted by Gasteiger charge is 2.41. The summed E-state index contributed by atoms with van der Waals surface area (Å²) in [6.07, 6.45) is 1.53. The molecule has 0 radical (unpaired) electrons. The summed E-state index contributed by atoms with van der Waals surface area (Å²) in [5, 5.41) is 9.78. The van der Waals surface area contributed by atoms with Gasteiger partial charge in [0.15, 0.2) is 9.84 Å². The largest absolute Gasteiger partial charge is 0.480 e. The van der Waals surface area contributed by atoms with Crippen LogP contribution in [0.2, 0.25) is 0 Å². The van der Waals surface area contributed by atoms with Gasteiger partial charge >= 0.3 is 5.97 Å². The van der Waals surface area contributed by atoms with E-state index in [4.69, 9.17) is 4.74 Å². The third-order valence-electron chi connectivity index (χ3n) is 4.12. The zero-order valence-electron chi connectivity index (χ0n) is 13.3. The molecule has 7 nitrogen and oxygen atoms in total. The Balaban J connectivity index is 2.85. The number of ether oxygens (including phenoxy) is 1. The average Bonchev–Trinajstić information content (AvgIpc) is 2.47. The summed E-state index contributed by atoms with van der Waals surface area (Å²) >= 11 is 0. The minimum atomic E-state index is -3.66. The lowest BCUT2D eigenvalue weighted by Crippen LogP contribution is -2.56.